The lowest BCUT2D eigenvalue weighted by molar-refractivity contribution is -0.139. The summed E-state index contributed by atoms with van der Waals surface area (Å²) in [6.07, 6.45) is 8.42. The average molecular weight is 599 g/mol. The van der Waals surface area contributed by atoms with Gasteiger partial charge in [-0.25, -0.2) is 4.39 Å². The molecule has 4 heterocycles. The van der Waals surface area contributed by atoms with Crippen LogP contribution in [0.2, 0.25) is 0 Å². The fourth-order valence-electron chi connectivity index (χ4n) is 10.6. The monoisotopic (exact) mass is 598 g/mol. The number of carbonyl (C=O) groups excluding carboxylic acids is 1. The SMILES string of the molecule is C=C(CNCCC1(c2nn[nH]n2)c2ccc(F)cc2CCC2CC(C(=O)N3CCCCC3)CC[C@H]21)N1C(C#N)[C@@H]2[C@H]3[C@@H]1[C@]32C. The summed E-state index contributed by atoms with van der Waals surface area (Å²) < 4.78 is 14.7. The molecule has 9 rings (SSSR count). The number of rotatable bonds is 8. The van der Waals surface area contributed by atoms with Crippen LogP contribution in [0, 0.1) is 52.2 Å². The summed E-state index contributed by atoms with van der Waals surface area (Å²) in [5.74, 6) is 2.48. The topological polar surface area (TPSA) is 114 Å². The van der Waals surface area contributed by atoms with Crippen LogP contribution < -0.4 is 5.32 Å². The number of amides is 1. The summed E-state index contributed by atoms with van der Waals surface area (Å²) in [6.45, 7) is 9.76. The second-order valence-corrected chi connectivity index (χ2v) is 14.6. The molecule has 2 aromatic rings. The molecule has 9 atom stereocenters. The van der Waals surface area contributed by atoms with E-state index in [-0.39, 0.29) is 23.7 Å². The smallest absolute Gasteiger partial charge is 0.225 e. The molecule has 0 spiro atoms. The Morgan fingerprint density at radius 1 is 1.23 bits per heavy atom. The molecule has 0 radical (unpaired) electrons. The number of fused-ring (bicyclic) bond motifs is 3. The third-order valence-electron chi connectivity index (χ3n) is 12.8. The largest absolute Gasteiger partial charge is 0.354 e. The molecule has 1 aromatic carbocycles. The van der Waals surface area contributed by atoms with Crippen molar-refractivity contribution in [2.24, 2.45) is 35.0 Å². The number of aryl methyl sites for hydroxylation is 1. The van der Waals surface area contributed by atoms with Gasteiger partial charge in [0.2, 0.25) is 5.91 Å². The van der Waals surface area contributed by atoms with E-state index >= 15 is 0 Å². The highest BCUT2D eigenvalue weighted by Crippen LogP contribution is 2.87. The first-order chi connectivity index (χ1) is 21.4. The maximum atomic E-state index is 14.7. The lowest BCUT2D eigenvalue weighted by Gasteiger charge is -2.46. The van der Waals surface area contributed by atoms with E-state index in [1.165, 1.54) is 6.42 Å². The molecule has 4 unspecified atom stereocenters. The minimum atomic E-state index is -0.563. The fourth-order valence-corrected chi connectivity index (χ4v) is 10.6. The van der Waals surface area contributed by atoms with E-state index in [0.717, 1.165) is 81.3 Å². The fraction of sp³-hybridized carbons (Fsp3) is 0.676. The molecule has 9 nitrogen and oxygen atoms in total. The van der Waals surface area contributed by atoms with Crippen LogP contribution >= 0.6 is 0 Å². The van der Waals surface area contributed by atoms with Crippen molar-refractivity contribution in [2.45, 2.75) is 82.2 Å². The molecule has 4 aliphatic carbocycles. The number of aromatic amines is 1. The molecule has 2 bridgehead atoms. The summed E-state index contributed by atoms with van der Waals surface area (Å²) in [5, 5.41) is 29.4. The summed E-state index contributed by atoms with van der Waals surface area (Å²) in [6, 6.07) is 8.17. The van der Waals surface area contributed by atoms with E-state index in [0.29, 0.717) is 54.0 Å². The molecule has 2 N–H and O–H groups in total. The number of tetrazole rings is 1. The zero-order chi connectivity index (χ0) is 30.2. The molecule has 10 heteroatoms. The molecule has 3 aliphatic heterocycles. The Morgan fingerprint density at radius 3 is 2.80 bits per heavy atom. The number of carbonyl (C=O) groups is 1. The van der Waals surface area contributed by atoms with Gasteiger partial charge in [0, 0.05) is 43.2 Å². The number of aromatic nitrogens is 4. The first kappa shape index (κ1) is 28.2. The Bertz CT molecular complexity index is 1500. The minimum absolute atomic E-state index is 0.0421. The summed E-state index contributed by atoms with van der Waals surface area (Å²) in [4.78, 5) is 18.0. The van der Waals surface area contributed by atoms with Crippen LogP contribution in [0.3, 0.4) is 0 Å². The number of nitriles is 1. The number of nitrogens with one attached hydrogen (secondary N) is 2. The number of H-pyrrole nitrogens is 1. The van der Waals surface area contributed by atoms with E-state index in [9.17, 15) is 14.4 Å². The summed E-state index contributed by atoms with van der Waals surface area (Å²) in [5.41, 5.74) is 2.86. The number of halogens is 1. The molecule has 1 amide bonds. The zero-order valence-corrected chi connectivity index (χ0v) is 25.6. The van der Waals surface area contributed by atoms with Gasteiger partial charge in [-0.1, -0.05) is 24.8 Å². The van der Waals surface area contributed by atoms with Crippen molar-refractivity contribution in [3.05, 3.63) is 53.2 Å². The summed E-state index contributed by atoms with van der Waals surface area (Å²) >= 11 is 0. The Hall–Kier alpha value is -3.32. The van der Waals surface area contributed by atoms with Gasteiger partial charge in [-0.3, -0.25) is 4.79 Å². The number of nitrogens with zero attached hydrogens (tertiary/aromatic N) is 6. The van der Waals surface area contributed by atoms with Gasteiger partial charge in [0.05, 0.1) is 11.5 Å². The number of benzene rings is 1. The van der Waals surface area contributed by atoms with E-state index in [2.05, 4.69) is 55.3 Å². The molecule has 7 aliphatic rings. The van der Waals surface area contributed by atoms with Crippen LogP contribution in [-0.2, 0) is 16.6 Å². The van der Waals surface area contributed by atoms with Crippen LogP contribution in [0.5, 0.6) is 0 Å². The van der Waals surface area contributed by atoms with Gasteiger partial charge in [-0.2, -0.15) is 10.5 Å². The van der Waals surface area contributed by atoms with E-state index < -0.39 is 5.41 Å². The third kappa shape index (κ3) is 4.03. The standard InChI is InChI=1S/C34H43FN8O/c1-20(43-27(18-36)28-29-30(43)33(28,29)2)19-37-13-12-34(32-38-40-41-39-32)25-10-8-23(31(44)42-14-4-3-5-15-42)16-21(25)6-7-22-17-24(35)9-11-26(22)34/h9,11,17,21,23,25,27-30,37H,1,3-8,10,12-16,19H2,2H3,(H,38,39,40,41)/t21?,23?,25-,27?,28-,29+,30-,33+,34?/m1/s1. The molecule has 3 saturated carbocycles. The van der Waals surface area contributed by atoms with Crippen molar-refractivity contribution in [3.8, 4) is 6.07 Å². The average Bonchev–Trinajstić information content (AvgIpc) is 3.52. The van der Waals surface area contributed by atoms with Gasteiger partial charge in [0.15, 0.2) is 5.82 Å². The first-order valence-corrected chi connectivity index (χ1v) is 16.8. The van der Waals surface area contributed by atoms with Crippen molar-refractivity contribution < 1.29 is 9.18 Å². The Morgan fingerprint density at radius 2 is 2.05 bits per heavy atom. The predicted molar refractivity (Wildman–Crippen MR) is 161 cm³/mol. The molecular formula is C34H43FN8O. The van der Waals surface area contributed by atoms with Gasteiger partial charge in [-0.15, -0.1) is 10.2 Å². The van der Waals surface area contributed by atoms with Gasteiger partial charge < -0.3 is 15.1 Å². The maximum absolute atomic E-state index is 14.7. The van der Waals surface area contributed by atoms with E-state index in [4.69, 9.17) is 0 Å². The summed E-state index contributed by atoms with van der Waals surface area (Å²) in [7, 11) is 0. The number of piperidine rings is 2. The van der Waals surface area contributed by atoms with Gasteiger partial charge in [0.25, 0.3) is 0 Å². The first-order valence-electron chi connectivity index (χ1n) is 16.8. The van der Waals surface area contributed by atoms with Crippen LogP contribution in [-0.4, -0.2) is 74.6 Å². The van der Waals surface area contributed by atoms with E-state index in [1.807, 2.05) is 6.07 Å². The third-order valence-corrected chi connectivity index (χ3v) is 12.8. The Kier molecular flexibility index (Phi) is 6.64. The highest BCUT2D eigenvalue weighted by Gasteiger charge is 2.93. The van der Waals surface area contributed by atoms with Crippen LogP contribution in [0.1, 0.15) is 75.2 Å². The Balaban J connectivity index is 1.05. The van der Waals surface area contributed by atoms with E-state index in [1.54, 1.807) is 12.1 Å². The van der Waals surface area contributed by atoms with Crippen LogP contribution in [0.15, 0.2) is 30.5 Å². The van der Waals surface area contributed by atoms with Crippen molar-refractivity contribution in [1.29, 1.82) is 5.26 Å². The minimum Gasteiger partial charge on any atom is -0.354 e. The van der Waals surface area contributed by atoms with Crippen LogP contribution in [0.4, 0.5) is 4.39 Å². The highest BCUT2D eigenvalue weighted by atomic mass is 19.1. The lowest BCUT2D eigenvalue weighted by Crippen LogP contribution is -2.48. The molecule has 44 heavy (non-hydrogen) atoms. The van der Waals surface area contributed by atoms with Gasteiger partial charge in [0.1, 0.15) is 11.9 Å². The molecule has 6 fully saturated rings. The number of hydrogen-bond donors (Lipinski definition) is 2. The van der Waals surface area contributed by atoms with Crippen molar-refractivity contribution in [3.63, 3.8) is 0 Å². The van der Waals surface area contributed by atoms with Crippen molar-refractivity contribution in [1.82, 2.24) is 35.7 Å². The second kappa shape index (κ2) is 10.4. The molecule has 232 valence electrons. The van der Waals surface area contributed by atoms with Crippen molar-refractivity contribution >= 4 is 5.91 Å². The zero-order valence-electron chi connectivity index (χ0n) is 25.6. The lowest BCUT2D eigenvalue weighted by atomic mass is 9.57. The second-order valence-electron chi connectivity index (χ2n) is 14.6. The Labute approximate surface area is 258 Å². The van der Waals surface area contributed by atoms with Gasteiger partial charge in [-0.05, 0) is 111 Å². The molecular weight excluding hydrogens is 555 g/mol. The van der Waals surface area contributed by atoms with Crippen molar-refractivity contribution in [2.75, 3.05) is 26.2 Å². The molecule has 3 saturated heterocycles. The molecule has 1 aromatic heterocycles. The highest BCUT2D eigenvalue weighted by molar-refractivity contribution is 5.79. The van der Waals surface area contributed by atoms with Gasteiger partial charge >= 0.3 is 0 Å². The van der Waals surface area contributed by atoms with Crippen LogP contribution in [0.25, 0.3) is 0 Å². The maximum Gasteiger partial charge on any atom is 0.225 e. The quantitative estimate of drug-likeness (QED) is 0.443. The predicted octanol–water partition coefficient (Wildman–Crippen LogP) is 3.95. The number of likely N-dealkylation sites (tertiary alicyclic amines) is 1. The normalized spacial score (nSPS) is 38.2. The number of hydrogen-bond acceptors (Lipinski definition) is 7.